The molecule has 1 aliphatic rings. The van der Waals surface area contributed by atoms with Crippen LogP contribution in [0, 0.1) is 0 Å². The normalized spacial score (nSPS) is 20.7. The number of aliphatic hydroxyl groups is 2. The summed E-state index contributed by atoms with van der Waals surface area (Å²) in [5.41, 5.74) is 6.87. The Morgan fingerprint density at radius 3 is 2.82 bits per heavy atom. The van der Waals surface area contributed by atoms with Gasteiger partial charge in [-0.3, -0.25) is 4.57 Å². The quantitative estimate of drug-likeness (QED) is 0.724. The van der Waals surface area contributed by atoms with Crippen LogP contribution in [0.2, 0.25) is 0 Å². The van der Waals surface area contributed by atoms with Gasteiger partial charge in [-0.1, -0.05) is 0 Å². The number of rotatable bonds is 4. The van der Waals surface area contributed by atoms with Gasteiger partial charge in [-0.2, -0.15) is 9.97 Å². The third kappa shape index (κ3) is 3.11. The van der Waals surface area contributed by atoms with Crippen molar-refractivity contribution in [2.45, 2.75) is 32.1 Å². The molecular weight excluding hydrogens is 290 g/mol. The lowest BCUT2D eigenvalue weighted by Gasteiger charge is -2.14. The lowest BCUT2D eigenvalue weighted by atomic mass is 10.2. The van der Waals surface area contributed by atoms with Crippen LogP contribution in [0.5, 0.6) is 5.88 Å². The van der Waals surface area contributed by atoms with Crippen LogP contribution in [0.4, 0.5) is 5.95 Å². The minimum absolute atomic E-state index is 0.0183. The number of hydrogen-bond acceptors (Lipinski definition) is 8. The fraction of sp³-hybridized carbons (Fsp3) is 0.615. The van der Waals surface area contributed by atoms with Crippen molar-refractivity contribution in [2.75, 3.05) is 26.1 Å². The van der Waals surface area contributed by atoms with E-state index in [1.807, 2.05) is 11.5 Å². The van der Waals surface area contributed by atoms with Crippen molar-refractivity contribution in [2.24, 2.45) is 0 Å². The fourth-order valence-electron chi connectivity index (χ4n) is 2.38. The molecule has 0 amide bonds. The van der Waals surface area contributed by atoms with E-state index < -0.39 is 0 Å². The molecule has 0 bridgehead atoms. The highest BCUT2D eigenvalue weighted by Crippen LogP contribution is 2.32. The van der Waals surface area contributed by atoms with Gasteiger partial charge in [-0.05, 0) is 19.8 Å². The minimum Gasteiger partial charge on any atom is -0.476 e. The van der Waals surface area contributed by atoms with Crippen molar-refractivity contribution in [3.8, 4) is 5.88 Å². The molecule has 3 heterocycles. The van der Waals surface area contributed by atoms with Crippen molar-refractivity contribution in [1.82, 2.24) is 19.5 Å². The van der Waals surface area contributed by atoms with Crippen LogP contribution in [-0.2, 0) is 4.74 Å². The first kappa shape index (κ1) is 16.4. The smallest absolute Gasteiger partial charge is 0.247 e. The lowest BCUT2D eigenvalue weighted by Crippen LogP contribution is -2.14. The summed E-state index contributed by atoms with van der Waals surface area (Å²) in [6.07, 6.45) is 2.92. The van der Waals surface area contributed by atoms with Crippen molar-refractivity contribution in [3.05, 3.63) is 6.33 Å². The standard InChI is InChI=1S/C12H17N5O3.CH4O/c1-2-19-11-9-10(15-12(13)16-11)17(6-14-9)8-4-3-7(5-18)20-8;1-2/h6-8,18H,2-5H2,1H3,(H2,13,15,16);2H,1H3. The molecule has 9 nitrogen and oxygen atoms in total. The molecule has 4 N–H and O–H groups in total. The van der Waals surface area contributed by atoms with Crippen LogP contribution in [0.25, 0.3) is 11.2 Å². The summed E-state index contributed by atoms with van der Waals surface area (Å²) in [6, 6.07) is 0. The van der Waals surface area contributed by atoms with E-state index in [9.17, 15) is 0 Å². The molecule has 2 unspecified atom stereocenters. The Balaban J connectivity index is 0.000000847. The third-order valence-electron chi connectivity index (χ3n) is 3.29. The Kier molecular flexibility index (Phi) is 5.47. The molecule has 2 aromatic heterocycles. The molecule has 22 heavy (non-hydrogen) atoms. The van der Waals surface area contributed by atoms with E-state index >= 15 is 0 Å². The molecule has 2 aromatic rings. The number of nitrogens with two attached hydrogens (primary N) is 1. The molecule has 0 aliphatic carbocycles. The number of nitrogen functional groups attached to an aromatic ring is 1. The molecule has 9 heteroatoms. The molecule has 1 fully saturated rings. The van der Waals surface area contributed by atoms with Crippen LogP contribution in [0.1, 0.15) is 26.0 Å². The number of anilines is 1. The Morgan fingerprint density at radius 1 is 1.41 bits per heavy atom. The highest BCUT2D eigenvalue weighted by Gasteiger charge is 2.28. The van der Waals surface area contributed by atoms with Gasteiger partial charge in [-0.25, -0.2) is 4.98 Å². The number of aromatic nitrogens is 4. The first-order valence-electron chi connectivity index (χ1n) is 7.06. The van der Waals surface area contributed by atoms with Crippen LogP contribution in [0.15, 0.2) is 6.33 Å². The van der Waals surface area contributed by atoms with E-state index in [-0.39, 0.29) is 24.9 Å². The predicted octanol–water partition coefficient (Wildman–Crippen LogP) is 0.0856. The Bertz CT molecular complexity index is 618. The summed E-state index contributed by atoms with van der Waals surface area (Å²) in [7, 11) is 1.00. The van der Waals surface area contributed by atoms with Gasteiger partial charge in [-0.15, -0.1) is 0 Å². The van der Waals surface area contributed by atoms with E-state index in [0.717, 1.165) is 20.0 Å². The third-order valence-corrected chi connectivity index (χ3v) is 3.29. The number of aliphatic hydroxyl groups excluding tert-OH is 2. The summed E-state index contributed by atoms with van der Waals surface area (Å²) in [4.78, 5) is 12.6. The zero-order valence-corrected chi connectivity index (χ0v) is 12.6. The van der Waals surface area contributed by atoms with Gasteiger partial charge in [0.25, 0.3) is 0 Å². The zero-order chi connectivity index (χ0) is 16.1. The lowest BCUT2D eigenvalue weighted by molar-refractivity contribution is -0.0207. The molecule has 1 aliphatic heterocycles. The maximum atomic E-state index is 9.14. The molecule has 0 spiro atoms. The number of nitrogens with zero attached hydrogens (tertiary/aromatic N) is 4. The van der Waals surface area contributed by atoms with Gasteiger partial charge in [0.2, 0.25) is 11.8 Å². The SMILES string of the molecule is CCOc1nc(N)nc2c1ncn2C1CCC(CO)O1.CO. The molecular formula is C13H21N5O4. The maximum Gasteiger partial charge on any atom is 0.247 e. The molecule has 122 valence electrons. The highest BCUT2D eigenvalue weighted by atomic mass is 16.5. The van der Waals surface area contributed by atoms with E-state index in [4.69, 9.17) is 25.4 Å². The predicted molar refractivity (Wildman–Crippen MR) is 79.3 cm³/mol. The van der Waals surface area contributed by atoms with Gasteiger partial charge < -0.3 is 25.4 Å². The van der Waals surface area contributed by atoms with E-state index in [2.05, 4.69) is 15.0 Å². The van der Waals surface area contributed by atoms with Gasteiger partial charge in [0.15, 0.2) is 11.2 Å². The average molecular weight is 311 g/mol. The van der Waals surface area contributed by atoms with Crippen LogP contribution >= 0.6 is 0 Å². The second-order valence-electron chi connectivity index (χ2n) is 4.62. The van der Waals surface area contributed by atoms with Crippen molar-refractivity contribution < 1.29 is 19.7 Å². The number of fused-ring (bicyclic) bond motifs is 1. The van der Waals surface area contributed by atoms with E-state index in [0.29, 0.717) is 23.7 Å². The minimum atomic E-state index is -0.194. The van der Waals surface area contributed by atoms with Crippen molar-refractivity contribution in [3.63, 3.8) is 0 Å². The maximum absolute atomic E-state index is 9.14. The molecule has 2 atom stereocenters. The van der Waals surface area contributed by atoms with Crippen LogP contribution in [-0.4, -0.2) is 56.2 Å². The summed E-state index contributed by atoms with van der Waals surface area (Å²) < 4.78 is 13.0. The van der Waals surface area contributed by atoms with Crippen LogP contribution < -0.4 is 10.5 Å². The number of ether oxygens (including phenoxy) is 2. The van der Waals surface area contributed by atoms with Crippen molar-refractivity contribution >= 4 is 17.1 Å². The number of hydrogen-bond donors (Lipinski definition) is 3. The second kappa shape index (κ2) is 7.34. The molecule has 0 radical (unpaired) electrons. The zero-order valence-electron chi connectivity index (χ0n) is 12.6. The number of imidazole rings is 1. The molecule has 0 saturated carbocycles. The summed E-state index contributed by atoms with van der Waals surface area (Å²) in [5.74, 6) is 0.518. The average Bonchev–Trinajstić information content (AvgIpc) is 3.15. The van der Waals surface area contributed by atoms with Gasteiger partial charge in [0, 0.05) is 7.11 Å². The molecule has 3 rings (SSSR count). The van der Waals surface area contributed by atoms with Crippen LogP contribution in [0.3, 0.4) is 0 Å². The Labute approximate surface area is 127 Å². The first-order valence-corrected chi connectivity index (χ1v) is 7.06. The first-order chi connectivity index (χ1) is 10.7. The summed E-state index contributed by atoms with van der Waals surface area (Å²) >= 11 is 0. The Morgan fingerprint density at radius 2 is 2.18 bits per heavy atom. The summed E-state index contributed by atoms with van der Waals surface area (Å²) in [6.45, 7) is 2.36. The molecule has 0 aromatic carbocycles. The van der Waals surface area contributed by atoms with E-state index in [1.54, 1.807) is 6.33 Å². The largest absolute Gasteiger partial charge is 0.476 e. The monoisotopic (exact) mass is 311 g/mol. The van der Waals surface area contributed by atoms with Crippen molar-refractivity contribution in [1.29, 1.82) is 0 Å². The second-order valence-corrected chi connectivity index (χ2v) is 4.62. The van der Waals surface area contributed by atoms with Gasteiger partial charge in [0.05, 0.1) is 25.6 Å². The highest BCUT2D eigenvalue weighted by molar-refractivity contribution is 5.77. The fourth-order valence-corrected chi connectivity index (χ4v) is 2.38. The summed E-state index contributed by atoms with van der Waals surface area (Å²) in [5, 5.41) is 16.1. The topological polar surface area (TPSA) is 129 Å². The Hall–Kier alpha value is -1.97. The van der Waals surface area contributed by atoms with Gasteiger partial charge >= 0.3 is 0 Å². The van der Waals surface area contributed by atoms with E-state index in [1.165, 1.54) is 0 Å². The molecule has 1 saturated heterocycles. The van der Waals surface area contributed by atoms with Gasteiger partial charge in [0.1, 0.15) is 6.23 Å².